The van der Waals surface area contributed by atoms with Crippen LogP contribution in [0.4, 0.5) is 14.6 Å². The number of ether oxygens (including phenoxy) is 2. The molecule has 0 unspecified atom stereocenters. The Bertz CT molecular complexity index is 1230. The maximum atomic E-state index is 14.0. The summed E-state index contributed by atoms with van der Waals surface area (Å²) in [6, 6.07) is 6.21. The first-order valence-electron chi connectivity index (χ1n) is 9.26. The molecule has 0 radical (unpaired) electrons. The summed E-state index contributed by atoms with van der Waals surface area (Å²) in [5, 5.41) is 20.3. The van der Waals surface area contributed by atoms with Crippen molar-refractivity contribution in [2.75, 3.05) is 19.0 Å². The summed E-state index contributed by atoms with van der Waals surface area (Å²) in [6.07, 6.45) is 0.913. The van der Waals surface area contributed by atoms with Crippen molar-refractivity contribution in [2.24, 2.45) is 0 Å². The van der Waals surface area contributed by atoms with Gasteiger partial charge in [0.15, 0.2) is 17.2 Å². The van der Waals surface area contributed by atoms with E-state index in [0.29, 0.717) is 34.2 Å². The van der Waals surface area contributed by atoms with E-state index >= 15 is 0 Å². The summed E-state index contributed by atoms with van der Waals surface area (Å²) in [5.41, 5.74) is 1.35. The topological polar surface area (TPSA) is 118 Å². The predicted molar refractivity (Wildman–Crippen MR) is 108 cm³/mol. The molecule has 0 aliphatic rings. The van der Waals surface area contributed by atoms with Crippen molar-refractivity contribution in [3.05, 3.63) is 48.2 Å². The Labute approximate surface area is 175 Å². The number of hydrogen-bond donors (Lipinski definition) is 3. The van der Waals surface area contributed by atoms with E-state index in [2.05, 4.69) is 30.5 Å². The van der Waals surface area contributed by atoms with Crippen LogP contribution in [0.5, 0.6) is 17.6 Å². The Morgan fingerprint density at radius 1 is 1.23 bits per heavy atom. The van der Waals surface area contributed by atoms with Gasteiger partial charge in [-0.05, 0) is 31.2 Å². The third-order valence-electron chi connectivity index (χ3n) is 4.28. The van der Waals surface area contributed by atoms with Gasteiger partial charge in [-0.2, -0.15) is 15.1 Å². The molecular weight excluding hydrogens is 410 g/mol. The van der Waals surface area contributed by atoms with Gasteiger partial charge >= 0.3 is 6.01 Å². The number of pyridine rings is 1. The van der Waals surface area contributed by atoms with Crippen LogP contribution in [0.1, 0.15) is 6.92 Å². The Balaban J connectivity index is 1.82. The first-order valence-corrected chi connectivity index (χ1v) is 9.26. The number of aliphatic hydroxyl groups is 1. The summed E-state index contributed by atoms with van der Waals surface area (Å²) in [6.45, 7) is 1.78. The van der Waals surface area contributed by atoms with Crippen LogP contribution in [0.15, 0.2) is 36.5 Å². The van der Waals surface area contributed by atoms with Crippen LogP contribution in [0.25, 0.3) is 22.3 Å². The molecule has 0 aliphatic heterocycles. The average Bonchev–Trinajstić information content (AvgIpc) is 3.18. The number of anilines is 1. The largest absolute Gasteiger partial charge is 0.481 e. The van der Waals surface area contributed by atoms with E-state index in [1.807, 2.05) is 0 Å². The second-order valence-electron chi connectivity index (χ2n) is 6.62. The van der Waals surface area contributed by atoms with E-state index in [1.54, 1.807) is 25.3 Å². The maximum Gasteiger partial charge on any atom is 0.326 e. The van der Waals surface area contributed by atoms with Crippen molar-refractivity contribution in [3.8, 4) is 28.9 Å². The molecule has 0 fully saturated rings. The van der Waals surface area contributed by atoms with E-state index in [4.69, 9.17) is 9.47 Å². The van der Waals surface area contributed by atoms with Crippen molar-refractivity contribution >= 4 is 16.9 Å². The Morgan fingerprint density at radius 3 is 2.81 bits per heavy atom. The number of nitrogens with one attached hydrogen (secondary N) is 2. The zero-order valence-corrected chi connectivity index (χ0v) is 16.6. The minimum absolute atomic E-state index is 0.172. The molecule has 0 saturated carbocycles. The Hall–Kier alpha value is -3.86. The number of aliphatic hydroxyl groups excluding tert-OH is 1. The summed E-state index contributed by atoms with van der Waals surface area (Å²) in [4.78, 5) is 12.7. The minimum Gasteiger partial charge on any atom is -0.481 e. The molecule has 160 valence electrons. The predicted octanol–water partition coefficient (Wildman–Crippen LogP) is 3.29. The molecule has 1 aromatic carbocycles. The van der Waals surface area contributed by atoms with Gasteiger partial charge in [0.25, 0.3) is 0 Å². The fourth-order valence-electron chi connectivity index (χ4n) is 2.91. The van der Waals surface area contributed by atoms with Crippen LogP contribution in [-0.2, 0) is 0 Å². The van der Waals surface area contributed by atoms with Crippen LogP contribution in [-0.4, -0.2) is 50.0 Å². The van der Waals surface area contributed by atoms with Crippen LogP contribution in [0.3, 0.4) is 0 Å². The van der Waals surface area contributed by atoms with E-state index in [1.165, 1.54) is 7.11 Å². The summed E-state index contributed by atoms with van der Waals surface area (Å²) in [7, 11) is 1.49. The van der Waals surface area contributed by atoms with Crippen molar-refractivity contribution in [3.63, 3.8) is 0 Å². The van der Waals surface area contributed by atoms with Gasteiger partial charge in [-0.3, -0.25) is 5.10 Å². The molecule has 3 N–H and O–H groups in total. The third kappa shape index (κ3) is 4.21. The number of H-pyrrole nitrogens is 1. The van der Waals surface area contributed by atoms with Crippen molar-refractivity contribution in [2.45, 2.75) is 13.0 Å². The van der Waals surface area contributed by atoms with Gasteiger partial charge in [-0.25, -0.2) is 13.8 Å². The minimum atomic E-state index is -0.896. The lowest BCUT2D eigenvalue weighted by atomic mass is 10.1. The number of hydrogen-bond acceptors (Lipinski definition) is 8. The average molecular weight is 428 g/mol. The molecule has 0 amide bonds. The summed E-state index contributed by atoms with van der Waals surface area (Å²) in [5.74, 6) is -1.23. The Morgan fingerprint density at radius 2 is 2.06 bits per heavy atom. The van der Waals surface area contributed by atoms with Gasteiger partial charge in [0.05, 0.1) is 24.2 Å². The molecule has 3 aromatic heterocycles. The number of halogens is 2. The molecule has 0 spiro atoms. The molecular formula is C20H18F2N6O3. The standard InChI is InChI=1S/C20H18F2N6O3/c1-10(29)9-24-17-15-16(12-4-3-7-23-19(12)30-2)27-28-18(15)26-20(25-17)31-14-6-5-11(21)8-13(14)22/h3-8,10,29H,9H2,1-2H3,(H2,24,25,26,27,28)/t10-/m0/s1. The SMILES string of the molecule is COc1ncccc1-c1n[nH]c2nc(Oc3ccc(F)cc3F)nc(NC[C@H](C)O)c12. The highest BCUT2D eigenvalue weighted by atomic mass is 19.1. The van der Waals surface area contributed by atoms with Gasteiger partial charge in [-0.15, -0.1) is 0 Å². The van der Waals surface area contributed by atoms with Gasteiger partial charge < -0.3 is 19.9 Å². The highest BCUT2D eigenvalue weighted by Crippen LogP contribution is 2.36. The smallest absolute Gasteiger partial charge is 0.326 e. The second kappa shape index (κ2) is 8.48. The molecule has 11 heteroatoms. The van der Waals surface area contributed by atoms with Crippen molar-refractivity contribution in [1.29, 1.82) is 0 Å². The molecule has 4 aromatic rings. The van der Waals surface area contributed by atoms with Crippen LogP contribution in [0.2, 0.25) is 0 Å². The van der Waals surface area contributed by atoms with Crippen molar-refractivity contribution < 1.29 is 23.4 Å². The number of rotatable bonds is 7. The highest BCUT2D eigenvalue weighted by molar-refractivity contribution is 5.99. The fourth-order valence-corrected chi connectivity index (χ4v) is 2.91. The Kier molecular flexibility index (Phi) is 5.58. The highest BCUT2D eigenvalue weighted by Gasteiger charge is 2.21. The van der Waals surface area contributed by atoms with E-state index in [-0.39, 0.29) is 24.1 Å². The number of aromatic nitrogens is 5. The molecule has 9 nitrogen and oxygen atoms in total. The number of benzene rings is 1. The van der Waals surface area contributed by atoms with Crippen LogP contribution < -0.4 is 14.8 Å². The van der Waals surface area contributed by atoms with Gasteiger partial charge in [0.1, 0.15) is 17.3 Å². The van der Waals surface area contributed by atoms with Gasteiger partial charge in [0, 0.05) is 18.8 Å². The molecule has 0 aliphatic carbocycles. The zero-order chi connectivity index (χ0) is 22.0. The molecule has 4 rings (SSSR count). The normalized spacial score (nSPS) is 12.0. The quantitative estimate of drug-likeness (QED) is 0.410. The first kappa shape index (κ1) is 20.4. The number of methoxy groups -OCH3 is 1. The zero-order valence-electron chi connectivity index (χ0n) is 16.6. The molecule has 3 heterocycles. The molecule has 1 atom stereocenters. The maximum absolute atomic E-state index is 14.0. The fraction of sp³-hybridized carbons (Fsp3) is 0.200. The van der Waals surface area contributed by atoms with E-state index in [9.17, 15) is 13.9 Å². The second-order valence-corrected chi connectivity index (χ2v) is 6.62. The lowest BCUT2D eigenvalue weighted by Crippen LogP contribution is -2.16. The number of fused-ring (bicyclic) bond motifs is 1. The van der Waals surface area contributed by atoms with Crippen molar-refractivity contribution in [1.82, 2.24) is 25.1 Å². The van der Waals surface area contributed by atoms with Crippen LogP contribution in [0, 0.1) is 11.6 Å². The first-order chi connectivity index (χ1) is 15.0. The van der Waals surface area contributed by atoms with Crippen LogP contribution >= 0.6 is 0 Å². The van der Waals surface area contributed by atoms with E-state index in [0.717, 1.165) is 12.1 Å². The number of aromatic amines is 1. The molecule has 0 saturated heterocycles. The third-order valence-corrected chi connectivity index (χ3v) is 4.28. The lowest BCUT2D eigenvalue weighted by molar-refractivity contribution is 0.208. The molecule has 0 bridgehead atoms. The lowest BCUT2D eigenvalue weighted by Gasteiger charge is -2.12. The summed E-state index contributed by atoms with van der Waals surface area (Å²) < 4.78 is 37.9. The van der Waals surface area contributed by atoms with Gasteiger partial charge in [-0.1, -0.05) is 0 Å². The number of nitrogens with zero attached hydrogens (tertiary/aromatic N) is 4. The van der Waals surface area contributed by atoms with Gasteiger partial charge in [0.2, 0.25) is 5.88 Å². The molecule has 31 heavy (non-hydrogen) atoms. The summed E-state index contributed by atoms with van der Waals surface area (Å²) >= 11 is 0. The van der Waals surface area contributed by atoms with E-state index < -0.39 is 17.7 Å². The monoisotopic (exact) mass is 428 g/mol.